The fraction of sp³-hybridized carbons (Fsp3) is 0.105. The van der Waals surface area contributed by atoms with E-state index in [1.165, 1.54) is 24.3 Å². The molecule has 0 unspecified atom stereocenters. The number of benzene rings is 2. The lowest BCUT2D eigenvalue weighted by Gasteiger charge is -2.11. The smallest absolute Gasteiger partial charge is 0.279 e. The molecule has 0 heterocycles. The highest BCUT2D eigenvalue weighted by Gasteiger charge is 2.21. The molecular weight excluding hydrogens is 424 g/mol. The highest BCUT2D eigenvalue weighted by Crippen LogP contribution is 2.25. The summed E-state index contributed by atoms with van der Waals surface area (Å²) in [6.45, 7) is 3.60. The molecule has 166 valence electrons. The van der Waals surface area contributed by atoms with Crippen molar-refractivity contribution in [3.05, 3.63) is 86.1 Å². The monoisotopic (exact) mass is 442 g/mol. The number of nitrogens with two attached hydrogens (primary N) is 1. The molecule has 2 aromatic rings. The molecule has 0 aliphatic rings. The number of non-ortho nitro benzene ring substituents is 1. The van der Waals surface area contributed by atoms with Crippen molar-refractivity contribution in [3.8, 4) is 0 Å². The SMILES string of the molecule is C=C(CC(=O)Nc1ccc(C(N)=O)cc1)NNC(=O)Cc1ccc([N+](=O)[O-])cc1[N+](=O)[O-]. The molecule has 0 fully saturated rings. The van der Waals surface area contributed by atoms with E-state index in [9.17, 15) is 34.6 Å². The molecule has 0 radical (unpaired) electrons. The first-order valence-corrected chi connectivity index (χ1v) is 8.91. The Morgan fingerprint density at radius 2 is 1.59 bits per heavy atom. The van der Waals surface area contributed by atoms with Crippen molar-refractivity contribution >= 4 is 34.8 Å². The average Bonchev–Trinajstić information content (AvgIpc) is 2.72. The van der Waals surface area contributed by atoms with E-state index in [-0.39, 0.29) is 23.2 Å². The Bertz CT molecular complexity index is 1100. The molecule has 0 aromatic heterocycles. The summed E-state index contributed by atoms with van der Waals surface area (Å²) < 4.78 is 0. The molecule has 3 amide bonds. The molecule has 0 spiro atoms. The van der Waals surface area contributed by atoms with Gasteiger partial charge in [-0.15, -0.1) is 0 Å². The van der Waals surface area contributed by atoms with Crippen LogP contribution in [0.25, 0.3) is 0 Å². The van der Waals surface area contributed by atoms with Gasteiger partial charge in [0.25, 0.3) is 11.4 Å². The maximum absolute atomic E-state index is 12.1. The molecule has 0 saturated heterocycles. The summed E-state index contributed by atoms with van der Waals surface area (Å²) in [5.41, 5.74) is 9.59. The molecular formula is C19H18N6O7. The van der Waals surface area contributed by atoms with Crippen molar-refractivity contribution in [3.63, 3.8) is 0 Å². The number of hydrogen-bond acceptors (Lipinski definition) is 8. The number of carbonyl (C=O) groups is 3. The van der Waals surface area contributed by atoms with Crippen molar-refractivity contribution in [1.82, 2.24) is 10.9 Å². The molecule has 13 heteroatoms. The van der Waals surface area contributed by atoms with Crippen LogP contribution in [0, 0.1) is 20.2 Å². The predicted octanol–water partition coefficient (Wildman–Crippen LogP) is 1.31. The van der Waals surface area contributed by atoms with Crippen LogP contribution in [-0.4, -0.2) is 27.6 Å². The molecule has 2 aromatic carbocycles. The van der Waals surface area contributed by atoms with E-state index in [2.05, 4.69) is 22.7 Å². The second-order valence-electron chi connectivity index (χ2n) is 6.45. The Morgan fingerprint density at radius 1 is 0.938 bits per heavy atom. The number of nitro benzene ring substituents is 2. The van der Waals surface area contributed by atoms with Gasteiger partial charge in [-0.25, -0.2) is 0 Å². The number of rotatable bonds is 10. The van der Waals surface area contributed by atoms with Gasteiger partial charge in [0.15, 0.2) is 0 Å². The number of hydrazine groups is 1. The topological polar surface area (TPSA) is 200 Å². The van der Waals surface area contributed by atoms with Crippen molar-refractivity contribution in [2.45, 2.75) is 12.8 Å². The summed E-state index contributed by atoms with van der Waals surface area (Å²) in [6, 6.07) is 8.84. The van der Waals surface area contributed by atoms with Gasteiger partial charge >= 0.3 is 0 Å². The van der Waals surface area contributed by atoms with Crippen LogP contribution in [0.5, 0.6) is 0 Å². The zero-order valence-corrected chi connectivity index (χ0v) is 16.5. The molecule has 0 aliphatic carbocycles. The number of hydrogen-bond donors (Lipinski definition) is 4. The largest absolute Gasteiger partial charge is 0.366 e. The summed E-state index contributed by atoms with van der Waals surface area (Å²) in [7, 11) is 0. The highest BCUT2D eigenvalue weighted by atomic mass is 16.6. The van der Waals surface area contributed by atoms with E-state index in [0.717, 1.165) is 18.2 Å². The zero-order chi connectivity index (χ0) is 23.8. The van der Waals surface area contributed by atoms with Crippen molar-refractivity contribution in [2.24, 2.45) is 5.73 Å². The van der Waals surface area contributed by atoms with Crippen LogP contribution in [0.15, 0.2) is 54.7 Å². The Labute approximate surface area is 180 Å². The second-order valence-corrected chi connectivity index (χ2v) is 6.45. The van der Waals surface area contributed by atoms with Crippen molar-refractivity contribution in [2.75, 3.05) is 5.32 Å². The number of anilines is 1. The Kier molecular flexibility index (Phi) is 7.55. The van der Waals surface area contributed by atoms with Crippen LogP contribution in [0.1, 0.15) is 22.3 Å². The first-order chi connectivity index (χ1) is 15.1. The van der Waals surface area contributed by atoms with Gasteiger partial charge in [0.05, 0.1) is 28.8 Å². The quantitative estimate of drug-likeness (QED) is 0.311. The van der Waals surface area contributed by atoms with E-state index in [0.29, 0.717) is 5.69 Å². The lowest BCUT2D eigenvalue weighted by atomic mass is 10.1. The Balaban J connectivity index is 1.87. The fourth-order valence-electron chi connectivity index (χ4n) is 2.52. The van der Waals surface area contributed by atoms with Gasteiger partial charge in [0, 0.05) is 28.6 Å². The summed E-state index contributed by atoms with van der Waals surface area (Å²) >= 11 is 0. The Morgan fingerprint density at radius 3 is 2.16 bits per heavy atom. The molecule has 0 atom stereocenters. The third-order valence-electron chi connectivity index (χ3n) is 4.03. The third kappa shape index (κ3) is 6.62. The fourth-order valence-corrected chi connectivity index (χ4v) is 2.52. The normalized spacial score (nSPS) is 10.0. The van der Waals surface area contributed by atoms with Gasteiger partial charge < -0.3 is 16.5 Å². The summed E-state index contributed by atoms with van der Waals surface area (Å²) in [6.07, 6.45) is -0.650. The molecule has 0 aliphatic heterocycles. The number of carbonyl (C=O) groups excluding carboxylic acids is 3. The molecule has 2 rings (SSSR count). The first kappa shape index (κ1) is 23.5. The summed E-state index contributed by atoms with van der Waals surface area (Å²) in [5.74, 6) is -1.75. The molecule has 0 saturated carbocycles. The maximum Gasteiger partial charge on any atom is 0.279 e. The van der Waals surface area contributed by atoms with Gasteiger partial charge in [-0.1, -0.05) is 6.58 Å². The number of nitrogens with zero attached hydrogens (tertiary/aromatic N) is 2. The van der Waals surface area contributed by atoms with Crippen molar-refractivity contribution in [1.29, 1.82) is 0 Å². The van der Waals surface area contributed by atoms with Crippen LogP contribution in [0.2, 0.25) is 0 Å². The maximum atomic E-state index is 12.1. The van der Waals surface area contributed by atoms with E-state index < -0.39 is 45.4 Å². The molecule has 5 N–H and O–H groups in total. The number of amides is 3. The predicted molar refractivity (Wildman–Crippen MR) is 112 cm³/mol. The minimum absolute atomic E-state index is 0.0253. The minimum atomic E-state index is -0.817. The van der Waals surface area contributed by atoms with Crippen LogP contribution in [0.4, 0.5) is 17.1 Å². The zero-order valence-electron chi connectivity index (χ0n) is 16.5. The second kappa shape index (κ2) is 10.3. The van der Waals surface area contributed by atoms with Gasteiger partial charge in [-0.05, 0) is 30.3 Å². The third-order valence-corrected chi connectivity index (χ3v) is 4.03. The average molecular weight is 442 g/mol. The van der Waals surface area contributed by atoms with E-state index in [1.54, 1.807) is 0 Å². The van der Waals surface area contributed by atoms with Crippen molar-refractivity contribution < 1.29 is 24.2 Å². The molecule has 13 nitrogen and oxygen atoms in total. The first-order valence-electron chi connectivity index (χ1n) is 8.91. The number of nitrogens with one attached hydrogen (secondary N) is 3. The van der Waals surface area contributed by atoms with Gasteiger partial charge in [-0.2, -0.15) is 0 Å². The number of primary amides is 1. The highest BCUT2D eigenvalue weighted by molar-refractivity contribution is 5.95. The lowest BCUT2D eigenvalue weighted by molar-refractivity contribution is -0.394. The van der Waals surface area contributed by atoms with Gasteiger partial charge in [0.1, 0.15) is 0 Å². The van der Waals surface area contributed by atoms with E-state index in [1.807, 2.05) is 0 Å². The minimum Gasteiger partial charge on any atom is -0.366 e. The van der Waals surface area contributed by atoms with Crippen LogP contribution in [-0.2, 0) is 16.0 Å². The van der Waals surface area contributed by atoms with Crippen LogP contribution in [0.3, 0.4) is 0 Å². The standard InChI is InChI=1S/C19H18N6O7/c1-11(8-17(26)21-14-5-2-12(3-6-14)19(20)28)22-23-18(27)9-13-4-7-15(24(29)30)10-16(13)25(31)32/h2-7,10,22H,1,8-9H2,(H2,20,28)(H,21,26)(H,23,27). The van der Waals surface area contributed by atoms with E-state index >= 15 is 0 Å². The van der Waals surface area contributed by atoms with Crippen LogP contribution >= 0.6 is 0 Å². The number of nitro groups is 2. The summed E-state index contributed by atoms with van der Waals surface area (Å²) in [5, 5.41) is 24.5. The van der Waals surface area contributed by atoms with Crippen LogP contribution < -0.4 is 21.9 Å². The molecule has 32 heavy (non-hydrogen) atoms. The van der Waals surface area contributed by atoms with E-state index in [4.69, 9.17) is 5.73 Å². The Hall–Kier alpha value is -4.81. The lowest BCUT2D eigenvalue weighted by Crippen LogP contribution is -2.38. The summed E-state index contributed by atoms with van der Waals surface area (Å²) in [4.78, 5) is 55.4. The van der Waals surface area contributed by atoms with Gasteiger partial charge in [0.2, 0.25) is 17.7 Å². The van der Waals surface area contributed by atoms with Gasteiger partial charge in [-0.3, -0.25) is 40.0 Å². The molecule has 0 bridgehead atoms.